The van der Waals surface area contributed by atoms with Crippen LogP contribution in [0.5, 0.6) is 0 Å². The van der Waals surface area contributed by atoms with E-state index < -0.39 is 0 Å². The van der Waals surface area contributed by atoms with Gasteiger partial charge in [0.05, 0.1) is 6.20 Å². The summed E-state index contributed by atoms with van der Waals surface area (Å²) < 4.78 is 1.90. The lowest BCUT2D eigenvalue weighted by molar-refractivity contribution is 0.237. The average molecular weight is 249 g/mol. The Bertz CT molecular complexity index is 368. The Morgan fingerprint density at radius 2 is 2.28 bits per heavy atom. The van der Waals surface area contributed by atoms with E-state index in [0.29, 0.717) is 5.41 Å². The van der Waals surface area contributed by atoms with Gasteiger partial charge in [-0.3, -0.25) is 4.68 Å². The minimum Gasteiger partial charge on any atom is -0.316 e. The van der Waals surface area contributed by atoms with Crippen molar-refractivity contribution in [3.63, 3.8) is 0 Å². The van der Waals surface area contributed by atoms with Gasteiger partial charge in [-0.1, -0.05) is 13.8 Å². The summed E-state index contributed by atoms with van der Waals surface area (Å²) in [6, 6.07) is 0. The molecule has 1 fully saturated rings. The number of rotatable bonds is 8. The monoisotopic (exact) mass is 249 g/mol. The highest BCUT2D eigenvalue weighted by atomic mass is 15.2. The maximum atomic E-state index is 4.25. The molecule has 0 spiro atoms. The van der Waals surface area contributed by atoms with Gasteiger partial charge in [0.1, 0.15) is 0 Å². The lowest BCUT2D eigenvalue weighted by Gasteiger charge is -2.30. The number of hydrogen-bond acceptors (Lipinski definition) is 2. The van der Waals surface area contributed by atoms with Crippen LogP contribution in [-0.2, 0) is 13.5 Å². The fraction of sp³-hybridized carbons (Fsp3) is 0.800. The fourth-order valence-corrected chi connectivity index (χ4v) is 2.80. The number of aryl methyl sites for hydroxylation is 2. The van der Waals surface area contributed by atoms with E-state index in [1.54, 1.807) is 0 Å². The van der Waals surface area contributed by atoms with Gasteiger partial charge < -0.3 is 5.32 Å². The molecule has 3 nitrogen and oxygen atoms in total. The minimum absolute atomic E-state index is 0.477. The van der Waals surface area contributed by atoms with E-state index in [9.17, 15) is 0 Å². The SMILES string of the molecule is CCCNCC(C)(CCc1cnn(C)c1)C1CC1. The van der Waals surface area contributed by atoms with Gasteiger partial charge in [-0.25, -0.2) is 0 Å². The van der Waals surface area contributed by atoms with Crippen LogP contribution < -0.4 is 5.32 Å². The Kier molecular flexibility index (Phi) is 4.44. The van der Waals surface area contributed by atoms with Gasteiger partial charge in [0.15, 0.2) is 0 Å². The quantitative estimate of drug-likeness (QED) is 0.718. The molecule has 1 heterocycles. The lowest BCUT2D eigenvalue weighted by atomic mass is 9.79. The summed E-state index contributed by atoms with van der Waals surface area (Å²) in [5.74, 6) is 0.943. The van der Waals surface area contributed by atoms with Crippen molar-refractivity contribution in [2.24, 2.45) is 18.4 Å². The van der Waals surface area contributed by atoms with Crippen LogP contribution >= 0.6 is 0 Å². The third kappa shape index (κ3) is 3.58. The van der Waals surface area contributed by atoms with Gasteiger partial charge in [0, 0.05) is 19.8 Å². The first-order valence-electron chi connectivity index (χ1n) is 7.32. The topological polar surface area (TPSA) is 29.9 Å². The summed E-state index contributed by atoms with van der Waals surface area (Å²) in [6.07, 6.45) is 10.7. The Morgan fingerprint density at radius 1 is 1.50 bits per heavy atom. The second-order valence-corrected chi connectivity index (χ2v) is 6.13. The zero-order valence-electron chi connectivity index (χ0n) is 12.1. The second-order valence-electron chi connectivity index (χ2n) is 6.13. The van der Waals surface area contributed by atoms with E-state index in [1.807, 2.05) is 17.9 Å². The molecule has 3 heteroatoms. The normalized spacial score (nSPS) is 18.8. The van der Waals surface area contributed by atoms with Crippen LogP contribution in [-0.4, -0.2) is 22.9 Å². The third-order valence-corrected chi connectivity index (χ3v) is 4.26. The molecular formula is C15H27N3. The molecule has 2 rings (SSSR count). The molecular weight excluding hydrogens is 222 g/mol. The van der Waals surface area contributed by atoms with Crippen LogP contribution in [0.25, 0.3) is 0 Å². The first kappa shape index (κ1) is 13.6. The molecule has 1 aromatic heterocycles. The zero-order chi connectivity index (χ0) is 13.0. The Balaban J connectivity index is 1.85. The van der Waals surface area contributed by atoms with Crippen LogP contribution in [0.15, 0.2) is 12.4 Å². The summed E-state index contributed by atoms with van der Waals surface area (Å²) in [5, 5.41) is 7.87. The van der Waals surface area contributed by atoms with E-state index in [-0.39, 0.29) is 0 Å². The summed E-state index contributed by atoms with van der Waals surface area (Å²) in [5.41, 5.74) is 1.85. The Morgan fingerprint density at radius 3 is 2.83 bits per heavy atom. The zero-order valence-corrected chi connectivity index (χ0v) is 12.1. The van der Waals surface area contributed by atoms with E-state index in [4.69, 9.17) is 0 Å². The molecule has 1 unspecified atom stereocenters. The van der Waals surface area contributed by atoms with E-state index >= 15 is 0 Å². The molecule has 1 saturated carbocycles. The number of aromatic nitrogens is 2. The summed E-state index contributed by atoms with van der Waals surface area (Å²) >= 11 is 0. The van der Waals surface area contributed by atoms with Crippen molar-refractivity contribution in [3.8, 4) is 0 Å². The number of hydrogen-bond donors (Lipinski definition) is 1. The fourth-order valence-electron chi connectivity index (χ4n) is 2.80. The first-order valence-corrected chi connectivity index (χ1v) is 7.32. The van der Waals surface area contributed by atoms with Gasteiger partial charge in [-0.2, -0.15) is 5.10 Å². The third-order valence-electron chi connectivity index (χ3n) is 4.26. The smallest absolute Gasteiger partial charge is 0.0521 e. The van der Waals surface area contributed by atoms with Gasteiger partial charge in [0.2, 0.25) is 0 Å². The van der Waals surface area contributed by atoms with E-state index in [0.717, 1.165) is 18.9 Å². The van der Waals surface area contributed by atoms with Crippen molar-refractivity contribution in [1.29, 1.82) is 0 Å². The van der Waals surface area contributed by atoms with Crippen molar-refractivity contribution in [3.05, 3.63) is 18.0 Å². The molecule has 1 aromatic rings. The number of nitrogens with zero attached hydrogens (tertiary/aromatic N) is 2. The van der Waals surface area contributed by atoms with Crippen LogP contribution in [0.4, 0.5) is 0 Å². The molecule has 1 aliphatic rings. The number of nitrogens with one attached hydrogen (secondary N) is 1. The molecule has 0 saturated heterocycles. The largest absolute Gasteiger partial charge is 0.316 e. The molecule has 0 bridgehead atoms. The molecule has 0 aliphatic heterocycles. The van der Waals surface area contributed by atoms with Crippen LogP contribution in [0.1, 0.15) is 45.1 Å². The molecule has 0 amide bonds. The molecule has 0 radical (unpaired) electrons. The maximum Gasteiger partial charge on any atom is 0.0521 e. The maximum absolute atomic E-state index is 4.25. The van der Waals surface area contributed by atoms with Gasteiger partial charge in [0.25, 0.3) is 0 Å². The molecule has 1 N–H and O–H groups in total. The van der Waals surface area contributed by atoms with Gasteiger partial charge in [-0.05, 0) is 55.5 Å². The second kappa shape index (κ2) is 5.87. The molecule has 0 aromatic carbocycles. The van der Waals surface area contributed by atoms with E-state index in [2.05, 4.69) is 30.5 Å². The predicted molar refractivity (Wildman–Crippen MR) is 75.5 cm³/mol. The van der Waals surface area contributed by atoms with Gasteiger partial charge >= 0.3 is 0 Å². The lowest BCUT2D eigenvalue weighted by Crippen LogP contribution is -2.34. The summed E-state index contributed by atoms with van der Waals surface area (Å²) in [7, 11) is 1.99. The Hall–Kier alpha value is -0.830. The van der Waals surface area contributed by atoms with Crippen LogP contribution in [0, 0.1) is 11.3 Å². The standard InChI is InChI=1S/C15H27N3/c1-4-9-16-12-15(2,14-5-6-14)8-7-13-10-17-18(3)11-13/h10-11,14,16H,4-9,12H2,1-3H3. The Labute approximate surface area is 111 Å². The highest BCUT2D eigenvalue weighted by Crippen LogP contribution is 2.47. The molecule has 1 aliphatic carbocycles. The first-order chi connectivity index (χ1) is 8.64. The van der Waals surface area contributed by atoms with Crippen molar-refractivity contribution in [2.45, 2.75) is 46.0 Å². The minimum atomic E-state index is 0.477. The average Bonchev–Trinajstić information content (AvgIpc) is 3.12. The highest BCUT2D eigenvalue weighted by molar-refractivity contribution is 5.05. The van der Waals surface area contributed by atoms with Crippen molar-refractivity contribution >= 4 is 0 Å². The molecule has 1 atom stereocenters. The van der Waals surface area contributed by atoms with Gasteiger partial charge in [-0.15, -0.1) is 0 Å². The van der Waals surface area contributed by atoms with Crippen LogP contribution in [0.2, 0.25) is 0 Å². The van der Waals surface area contributed by atoms with Crippen molar-refractivity contribution in [2.75, 3.05) is 13.1 Å². The summed E-state index contributed by atoms with van der Waals surface area (Å²) in [4.78, 5) is 0. The predicted octanol–water partition coefficient (Wildman–Crippen LogP) is 2.77. The highest BCUT2D eigenvalue weighted by Gasteiger charge is 2.40. The summed E-state index contributed by atoms with van der Waals surface area (Å²) in [6.45, 7) is 7.02. The van der Waals surface area contributed by atoms with Crippen LogP contribution in [0.3, 0.4) is 0 Å². The molecule has 102 valence electrons. The van der Waals surface area contributed by atoms with E-state index in [1.165, 1.54) is 37.8 Å². The molecule has 18 heavy (non-hydrogen) atoms. The van der Waals surface area contributed by atoms with Crippen molar-refractivity contribution in [1.82, 2.24) is 15.1 Å². The van der Waals surface area contributed by atoms with Crippen molar-refractivity contribution < 1.29 is 0 Å².